The zero-order valence-corrected chi connectivity index (χ0v) is 12.6. The summed E-state index contributed by atoms with van der Waals surface area (Å²) < 4.78 is 10.5. The molecular formula is C15H22N4O2. The fourth-order valence-corrected chi connectivity index (χ4v) is 2.08. The van der Waals surface area contributed by atoms with Gasteiger partial charge in [-0.3, -0.25) is 4.98 Å². The average Bonchev–Trinajstić information content (AvgIpc) is 2.93. The van der Waals surface area contributed by atoms with Crippen LogP contribution in [0.3, 0.4) is 0 Å². The van der Waals surface area contributed by atoms with E-state index in [9.17, 15) is 0 Å². The van der Waals surface area contributed by atoms with Gasteiger partial charge in [-0.2, -0.15) is 4.98 Å². The molecule has 0 fully saturated rings. The smallest absolute Gasteiger partial charge is 0.228 e. The quantitative estimate of drug-likeness (QED) is 0.756. The summed E-state index contributed by atoms with van der Waals surface area (Å²) in [7, 11) is 1.70. The first kappa shape index (κ1) is 15.6. The first-order valence-electron chi connectivity index (χ1n) is 7.24. The van der Waals surface area contributed by atoms with Crippen LogP contribution >= 0.6 is 0 Å². The van der Waals surface area contributed by atoms with Crippen molar-refractivity contribution in [3.63, 3.8) is 0 Å². The number of nitrogens with one attached hydrogen (secondary N) is 1. The first-order valence-corrected chi connectivity index (χ1v) is 7.24. The van der Waals surface area contributed by atoms with Gasteiger partial charge in [-0.05, 0) is 24.6 Å². The van der Waals surface area contributed by atoms with E-state index in [1.165, 1.54) is 0 Å². The first-order chi connectivity index (χ1) is 10.3. The highest BCUT2D eigenvalue weighted by Crippen LogP contribution is 2.07. The number of methoxy groups -OCH3 is 1. The SMILES string of the molecule is CCCNC(COC)Cc1nc(Cc2cccnc2)no1. The van der Waals surface area contributed by atoms with Gasteiger partial charge in [0.05, 0.1) is 6.61 Å². The van der Waals surface area contributed by atoms with E-state index in [4.69, 9.17) is 9.26 Å². The lowest BCUT2D eigenvalue weighted by atomic mass is 10.2. The zero-order chi connectivity index (χ0) is 14.9. The van der Waals surface area contributed by atoms with Crippen molar-refractivity contribution in [3.8, 4) is 0 Å². The van der Waals surface area contributed by atoms with Crippen molar-refractivity contribution in [2.24, 2.45) is 0 Å². The van der Waals surface area contributed by atoms with Crippen LogP contribution < -0.4 is 5.32 Å². The number of ether oxygens (including phenoxy) is 1. The summed E-state index contributed by atoms with van der Waals surface area (Å²) in [6.07, 6.45) is 5.95. The second-order valence-corrected chi connectivity index (χ2v) is 4.95. The Bertz CT molecular complexity index is 515. The lowest BCUT2D eigenvalue weighted by Crippen LogP contribution is -2.35. The second kappa shape index (κ2) is 8.49. The molecule has 2 aromatic heterocycles. The fraction of sp³-hybridized carbons (Fsp3) is 0.533. The molecule has 0 spiro atoms. The van der Waals surface area contributed by atoms with Crippen molar-refractivity contribution in [2.75, 3.05) is 20.3 Å². The third-order valence-electron chi connectivity index (χ3n) is 3.07. The van der Waals surface area contributed by atoms with Crippen molar-refractivity contribution in [3.05, 3.63) is 41.8 Å². The lowest BCUT2D eigenvalue weighted by Gasteiger charge is -2.15. The largest absolute Gasteiger partial charge is 0.383 e. The van der Waals surface area contributed by atoms with E-state index in [1.807, 2.05) is 18.3 Å². The molecule has 0 aliphatic heterocycles. The van der Waals surface area contributed by atoms with Gasteiger partial charge in [-0.15, -0.1) is 0 Å². The van der Waals surface area contributed by atoms with E-state index in [2.05, 4.69) is 27.4 Å². The van der Waals surface area contributed by atoms with Gasteiger partial charge < -0.3 is 14.6 Å². The minimum atomic E-state index is 0.196. The predicted molar refractivity (Wildman–Crippen MR) is 79.0 cm³/mol. The molecule has 6 heteroatoms. The molecule has 1 N–H and O–H groups in total. The topological polar surface area (TPSA) is 73.1 Å². The molecule has 1 atom stereocenters. The number of hydrogen-bond acceptors (Lipinski definition) is 6. The molecule has 6 nitrogen and oxygen atoms in total. The van der Waals surface area contributed by atoms with Gasteiger partial charge in [0.25, 0.3) is 0 Å². The van der Waals surface area contributed by atoms with Crippen LogP contribution in [0.15, 0.2) is 29.0 Å². The van der Waals surface area contributed by atoms with Crippen molar-refractivity contribution in [1.29, 1.82) is 0 Å². The highest BCUT2D eigenvalue weighted by Gasteiger charge is 2.14. The third kappa shape index (κ3) is 5.24. The predicted octanol–water partition coefficient (Wildman–Crippen LogP) is 1.61. The Morgan fingerprint density at radius 3 is 3.05 bits per heavy atom. The van der Waals surface area contributed by atoms with Crippen LogP contribution in [0.4, 0.5) is 0 Å². The van der Waals surface area contributed by atoms with Crippen molar-refractivity contribution in [2.45, 2.75) is 32.2 Å². The molecule has 0 saturated carbocycles. The molecule has 2 rings (SSSR count). The van der Waals surface area contributed by atoms with Gasteiger partial charge in [0, 0.05) is 38.4 Å². The average molecular weight is 290 g/mol. The maximum absolute atomic E-state index is 5.32. The number of pyridine rings is 1. The number of hydrogen-bond donors (Lipinski definition) is 1. The maximum atomic E-state index is 5.32. The van der Waals surface area contributed by atoms with Crippen LogP contribution in [0, 0.1) is 0 Å². The maximum Gasteiger partial charge on any atom is 0.228 e. The van der Waals surface area contributed by atoms with E-state index in [1.54, 1.807) is 13.3 Å². The Labute approximate surface area is 124 Å². The Morgan fingerprint density at radius 1 is 1.43 bits per heavy atom. The van der Waals surface area contributed by atoms with Crippen LogP contribution in [0.25, 0.3) is 0 Å². The molecule has 0 aromatic carbocycles. The molecule has 0 bridgehead atoms. The molecule has 21 heavy (non-hydrogen) atoms. The Kier molecular flexibility index (Phi) is 6.30. The monoisotopic (exact) mass is 290 g/mol. The van der Waals surface area contributed by atoms with Gasteiger partial charge in [0.1, 0.15) is 0 Å². The van der Waals surface area contributed by atoms with Crippen LogP contribution in [-0.2, 0) is 17.6 Å². The highest BCUT2D eigenvalue weighted by molar-refractivity contribution is 5.13. The molecule has 0 amide bonds. The summed E-state index contributed by atoms with van der Waals surface area (Å²) in [5.74, 6) is 1.32. The molecule has 0 saturated heterocycles. The molecular weight excluding hydrogens is 268 g/mol. The van der Waals surface area contributed by atoms with E-state index >= 15 is 0 Å². The Hall–Kier alpha value is -1.79. The van der Waals surface area contributed by atoms with E-state index in [0.717, 1.165) is 18.5 Å². The summed E-state index contributed by atoms with van der Waals surface area (Å²) >= 11 is 0. The molecule has 114 valence electrons. The summed E-state index contributed by atoms with van der Waals surface area (Å²) in [4.78, 5) is 8.52. The van der Waals surface area contributed by atoms with Gasteiger partial charge in [-0.1, -0.05) is 18.1 Å². The van der Waals surface area contributed by atoms with E-state index in [0.29, 0.717) is 31.2 Å². The van der Waals surface area contributed by atoms with Crippen LogP contribution in [0.2, 0.25) is 0 Å². The molecule has 2 aromatic rings. The minimum Gasteiger partial charge on any atom is -0.383 e. The minimum absolute atomic E-state index is 0.196. The summed E-state index contributed by atoms with van der Waals surface area (Å²) in [6.45, 7) is 3.71. The van der Waals surface area contributed by atoms with Crippen LogP contribution in [-0.4, -0.2) is 41.4 Å². The zero-order valence-electron chi connectivity index (χ0n) is 12.6. The van der Waals surface area contributed by atoms with Gasteiger partial charge in [0.2, 0.25) is 5.89 Å². The standard InChI is InChI=1S/C15H22N4O2/c1-3-6-17-13(11-20-2)9-15-18-14(19-21-15)8-12-5-4-7-16-10-12/h4-5,7,10,13,17H,3,6,8-9,11H2,1-2H3. The Balaban J connectivity index is 1.92. The van der Waals surface area contributed by atoms with Crippen molar-refractivity contribution >= 4 is 0 Å². The molecule has 1 unspecified atom stereocenters. The second-order valence-electron chi connectivity index (χ2n) is 4.95. The van der Waals surface area contributed by atoms with E-state index < -0.39 is 0 Å². The Morgan fingerprint density at radius 2 is 2.33 bits per heavy atom. The van der Waals surface area contributed by atoms with Crippen LogP contribution in [0.1, 0.15) is 30.6 Å². The number of aromatic nitrogens is 3. The van der Waals surface area contributed by atoms with Gasteiger partial charge >= 0.3 is 0 Å². The number of rotatable bonds is 9. The molecule has 0 aliphatic rings. The summed E-state index contributed by atoms with van der Waals surface area (Å²) in [5.41, 5.74) is 1.07. The van der Waals surface area contributed by atoms with Crippen LogP contribution in [0.5, 0.6) is 0 Å². The molecule has 0 radical (unpaired) electrons. The normalized spacial score (nSPS) is 12.5. The van der Waals surface area contributed by atoms with Gasteiger partial charge in [-0.25, -0.2) is 0 Å². The lowest BCUT2D eigenvalue weighted by molar-refractivity contribution is 0.161. The molecule has 0 aliphatic carbocycles. The van der Waals surface area contributed by atoms with Gasteiger partial charge in [0.15, 0.2) is 5.82 Å². The fourth-order valence-electron chi connectivity index (χ4n) is 2.08. The molecule has 2 heterocycles. The van der Waals surface area contributed by atoms with E-state index in [-0.39, 0.29) is 6.04 Å². The van der Waals surface area contributed by atoms with Crippen molar-refractivity contribution < 1.29 is 9.26 Å². The van der Waals surface area contributed by atoms with Crippen molar-refractivity contribution in [1.82, 2.24) is 20.4 Å². The third-order valence-corrected chi connectivity index (χ3v) is 3.07. The summed E-state index contributed by atoms with van der Waals surface area (Å²) in [6, 6.07) is 4.10. The summed E-state index contributed by atoms with van der Waals surface area (Å²) in [5, 5.41) is 7.44. The highest BCUT2D eigenvalue weighted by atomic mass is 16.5. The number of nitrogens with zero attached hydrogens (tertiary/aromatic N) is 3.